The predicted octanol–water partition coefficient (Wildman–Crippen LogP) is 4.73. The summed E-state index contributed by atoms with van der Waals surface area (Å²) in [7, 11) is 0. The van der Waals surface area contributed by atoms with Crippen LogP contribution in [0, 0.1) is 0 Å². The summed E-state index contributed by atoms with van der Waals surface area (Å²) in [5.41, 5.74) is 0.0158. The van der Waals surface area contributed by atoms with E-state index < -0.39 is 24.5 Å². The first-order valence-corrected chi connectivity index (χ1v) is 5.82. The van der Waals surface area contributed by atoms with E-state index in [1.165, 1.54) is 6.07 Å². The molecule has 0 atom stereocenters. The molecule has 0 N–H and O–H groups in total. The largest absolute Gasteiger partial charge is 0.573 e. The maximum atomic E-state index is 12.1. The average Bonchev–Trinajstić information content (AvgIpc) is 2.18. The van der Waals surface area contributed by atoms with Crippen molar-refractivity contribution in [1.29, 1.82) is 0 Å². The van der Waals surface area contributed by atoms with Gasteiger partial charge in [-0.05, 0) is 6.07 Å². The molecule has 0 radical (unpaired) electrons. The van der Waals surface area contributed by atoms with E-state index in [-0.39, 0.29) is 15.9 Å². The molecular formula is C9H5BrClF5O2. The quantitative estimate of drug-likeness (QED) is 0.574. The van der Waals surface area contributed by atoms with Crippen molar-refractivity contribution in [3.63, 3.8) is 0 Å². The Morgan fingerprint density at radius 2 is 1.89 bits per heavy atom. The first-order valence-electron chi connectivity index (χ1n) is 4.32. The third-order valence-electron chi connectivity index (χ3n) is 1.67. The fourth-order valence-corrected chi connectivity index (χ4v) is 1.79. The summed E-state index contributed by atoms with van der Waals surface area (Å²) in [5.74, 6) is -1.62. The molecule has 0 heterocycles. The van der Waals surface area contributed by atoms with E-state index in [2.05, 4.69) is 25.4 Å². The van der Waals surface area contributed by atoms with Crippen molar-refractivity contribution in [2.45, 2.75) is 18.3 Å². The van der Waals surface area contributed by atoms with Crippen LogP contribution >= 0.6 is 27.5 Å². The summed E-state index contributed by atoms with van der Waals surface area (Å²) in [6.07, 6.45) is -5.03. The fraction of sp³-hybridized carbons (Fsp3) is 0.333. The van der Waals surface area contributed by atoms with Gasteiger partial charge in [0.1, 0.15) is 0 Å². The summed E-state index contributed by atoms with van der Waals surface area (Å²) in [6.45, 7) is -3.28. The summed E-state index contributed by atoms with van der Waals surface area (Å²) in [6, 6.07) is 1.94. The number of rotatable bonds is 4. The van der Waals surface area contributed by atoms with Gasteiger partial charge in [-0.1, -0.05) is 27.5 Å². The Balaban J connectivity index is 3.23. The first kappa shape index (κ1) is 15.3. The van der Waals surface area contributed by atoms with Crippen LogP contribution in [0.25, 0.3) is 0 Å². The third-order valence-corrected chi connectivity index (χ3v) is 2.50. The molecule has 0 aromatic heterocycles. The second-order valence-corrected chi connectivity index (χ2v) is 3.95. The van der Waals surface area contributed by atoms with E-state index >= 15 is 0 Å². The third kappa shape index (κ3) is 4.49. The normalized spacial score (nSPS) is 11.8. The molecule has 1 aromatic carbocycles. The highest BCUT2D eigenvalue weighted by Crippen LogP contribution is 2.39. The Morgan fingerprint density at radius 1 is 1.28 bits per heavy atom. The molecule has 0 aliphatic heterocycles. The lowest BCUT2D eigenvalue weighted by Crippen LogP contribution is -2.18. The monoisotopic (exact) mass is 354 g/mol. The van der Waals surface area contributed by atoms with Crippen molar-refractivity contribution in [1.82, 2.24) is 0 Å². The average molecular weight is 355 g/mol. The van der Waals surface area contributed by atoms with Crippen LogP contribution in [-0.4, -0.2) is 13.0 Å². The van der Waals surface area contributed by atoms with E-state index in [0.717, 1.165) is 6.07 Å². The maximum absolute atomic E-state index is 12.1. The zero-order valence-electron chi connectivity index (χ0n) is 8.40. The highest BCUT2D eigenvalue weighted by molar-refractivity contribution is 9.08. The molecule has 102 valence electrons. The summed E-state index contributed by atoms with van der Waals surface area (Å²) in [5, 5.41) is -0.116. The van der Waals surface area contributed by atoms with Gasteiger partial charge in [-0.3, -0.25) is 0 Å². The molecule has 0 amide bonds. The number of halogens is 7. The molecule has 18 heavy (non-hydrogen) atoms. The molecule has 0 aliphatic rings. The van der Waals surface area contributed by atoms with Crippen LogP contribution in [-0.2, 0) is 5.33 Å². The van der Waals surface area contributed by atoms with Crippen LogP contribution in [0.3, 0.4) is 0 Å². The highest BCUT2D eigenvalue weighted by Gasteiger charge is 2.33. The topological polar surface area (TPSA) is 18.5 Å². The molecule has 9 heteroatoms. The van der Waals surface area contributed by atoms with Gasteiger partial charge in [-0.2, -0.15) is 8.78 Å². The molecule has 0 unspecified atom stereocenters. The van der Waals surface area contributed by atoms with Gasteiger partial charge >= 0.3 is 13.0 Å². The van der Waals surface area contributed by atoms with Gasteiger partial charge in [0.15, 0.2) is 11.5 Å². The molecule has 0 bridgehead atoms. The van der Waals surface area contributed by atoms with Crippen LogP contribution in [0.1, 0.15) is 5.56 Å². The SMILES string of the molecule is FC(F)Oc1c(CBr)cc(Cl)cc1OC(F)(F)F. The molecule has 1 aromatic rings. The van der Waals surface area contributed by atoms with Crippen LogP contribution in [0.4, 0.5) is 22.0 Å². The van der Waals surface area contributed by atoms with Crippen LogP contribution in [0.5, 0.6) is 11.5 Å². The maximum Gasteiger partial charge on any atom is 0.573 e. The second kappa shape index (κ2) is 5.92. The number of hydrogen-bond donors (Lipinski definition) is 0. The van der Waals surface area contributed by atoms with Gasteiger partial charge in [0.2, 0.25) is 0 Å². The smallest absolute Gasteiger partial charge is 0.431 e. The highest BCUT2D eigenvalue weighted by atomic mass is 79.9. The van der Waals surface area contributed by atoms with Gasteiger partial charge in [0.05, 0.1) is 0 Å². The Morgan fingerprint density at radius 3 is 2.33 bits per heavy atom. The van der Waals surface area contributed by atoms with E-state index in [1.807, 2.05) is 0 Å². The molecule has 1 rings (SSSR count). The van der Waals surface area contributed by atoms with E-state index in [0.29, 0.717) is 0 Å². The van der Waals surface area contributed by atoms with Crippen molar-refractivity contribution >= 4 is 27.5 Å². The lowest BCUT2D eigenvalue weighted by molar-refractivity contribution is -0.275. The van der Waals surface area contributed by atoms with Gasteiger partial charge in [-0.25, -0.2) is 0 Å². The van der Waals surface area contributed by atoms with Crippen molar-refractivity contribution < 1.29 is 31.4 Å². The standard InChI is InChI=1S/C9H5BrClF5O2/c10-3-4-1-5(11)2-6(18-9(14,15)16)7(4)17-8(12)13/h1-2,8H,3H2. The van der Waals surface area contributed by atoms with Crippen molar-refractivity contribution in [2.24, 2.45) is 0 Å². The number of hydrogen-bond acceptors (Lipinski definition) is 2. The van der Waals surface area contributed by atoms with Gasteiger partial charge in [0.25, 0.3) is 0 Å². The summed E-state index contributed by atoms with van der Waals surface area (Å²) in [4.78, 5) is 0. The lowest BCUT2D eigenvalue weighted by Gasteiger charge is -2.16. The molecule has 0 spiro atoms. The molecule has 0 saturated carbocycles. The summed E-state index contributed by atoms with van der Waals surface area (Å²) >= 11 is 8.48. The van der Waals surface area contributed by atoms with Crippen molar-refractivity contribution in [2.75, 3.05) is 0 Å². The first-order chi connectivity index (χ1) is 8.23. The van der Waals surface area contributed by atoms with Crippen molar-refractivity contribution in [3.05, 3.63) is 22.7 Å². The Labute approximate surface area is 112 Å². The lowest BCUT2D eigenvalue weighted by atomic mass is 10.2. The minimum absolute atomic E-state index is 0.0158. The van der Waals surface area contributed by atoms with E-state index in [9.17, 15) is 22.0 Å². The molecule has 0 fully saturated rings. The molecular weight excluding hydrogens is 350 g/mol. The van der Waals surface area contributed by atoms with Crippen molar-refractivity contribution in [3.8, 4) is 11.5 Å². The van der Waals surface area contributed by atoms with Crippen LogP contribution < -0.4 is 9.47 Å². The van der Waals surface area contributed by atoms with Gasteiger partial charge in [0, 0.05) is 22.0 Å². The minimum Gasteiger partial charge on any atom is -0.431 e. The Kier molecular flexibility index (Phi) is 5.03. The molecule has 0 aliphatic carbocycles. The van der Waals surface area contributed by atoms with E-state index in [4.69, 9.17) is 11.6 Å². The summed E-state index contributed by atoms with van der Waals surface area (Å²) < 4.78 is 68.2. The number of ether oxygens (including phenoxy) is 2. The predicted molar refractivity (Wildman–Crippen MR) is 57.4 cm³/mol. The van der Waals surface area contributed by atoms with Gasteiger partial charge in [-0.15, -0.1) is 13.2 Å². The van der Waals surface area contributed by atoms with E-state index in [1.54, 1.807) is 0 Å². The van der Waals surface area contributed by atoms with Crippen LogP contribution in [0.2, 0.25) is 5.02 Å². The molecule has 0 saturated heterocycles. The zero-order chi connectivity index (χ0) is 13.9. The number of benzene rings is 1. The Bertz CT molecular complexity index is 424. The number of alkyl halides is 6. The van der Waals surface area contributed by atoms with Crippen LogP contribution in [0.15, 0.2) is 12.1 Å². The Hall–Kier alpha value is -0.760. The second-order valence-electron chi connectivity index (χ2n) is 2.95. The minimum atomic E-state index is -5.03. The van der Waals surface area contributed by atoms with Gasteiger partial charge < -0.3 is 9.47 Å². The fourth-order valence-electron chi connectivity index (χ4n) is 1.15. The molecule has 2 nitrogen and oxygen atoms in total. The zero-order valence-corrected chi connectivity index (χ0v) is 10.7.